The minimum absolute atomic E-state index is 0.207. The first kappa shape index (κ1) is 8.53. The second-order valence-electron chi connectivity index (χ2n) is 3.27. The number of hydrogen-bond donors (Lipinski definition) is 1. The summed E-state index contributed by atoms with van der Waals surface area (Å²) in [5.41, 5.74) is 0. The summed E-state index contributed by atoms with van der Waals surface area (Å²) in [6, 6.07) is 0.713. The summed E-state index contributed by atoms with van der Waals surface area (Å²) in [6.45, 7) is 0.835. The molecule has 1 fully saturated rings. The Hall–Kier alpha value is -0.570. The fraction of sp³-hybridized carbons (Fsp3) is 0.875. The summed E-state index contributed by atoms with van der Waals surface area (Å²) in [5, 5.41) is 3.29. The van der Waals surface area contributed by atoms with E-state index in [1.807, 2.05) is 0 Å². The molecule has 1 aliphatic rings. The molecule has 0 aliphatic heterocycles. The topological polar surface area (TPSA) is 32.3 Å². The monoisotopic (exact) mass is 156 g/mol. The quantitative estimate of drug-likeness (QED) is 0.631. The van der Waals surface area contributed by atoms with Crippen molar-refractivity contribution in [3.63, 3.8) is 0 Å². The smallest absolute Gasteiger partial charge is 0.223 e. The highest BCUT2D eigenvalue weighted by Gasteiger charge is 2.20. The molecule has 0 unspecified atom stereocenters. The molecule has 0 spiro atoms. The fourth-order valence-electron chi connectivity index (χ4n) is 0.894. The van der Waals surface area contributed by atoms with Gasteiger partial charge in [-0.25, -0.2) is 0 Å². The van der Waals surface area contributed by atoms with Crippen molar-refractivity contribution in [2.75, 3.05) is 20.6 Å². The van der Waals surface area contributed by atoms with Crippen LogP contribution in [0.1, 0.15) is 19.3 Å². The Morgan fingerprint density at radius 2 is 2.18 bits per heavy atom. The number of nitrogens with zero attached hydrogens (tertiary/aromatic N) is 1. The van der Waals surface area contributed by atoms with Gasteiger partial charge in [0, 0.05) is 33.1 Å². The predicted molar refractivity (Wildman–Crippen MR) is 44.3 cm³/mol. The Morgan fingerprint density at radius 1 is 1.55 bits per heavy atom. The van der Waals surface area contributed by atoms with Crippen LogP contribution in [0, 0.1) is 0 Å². The maximum atomic E-state index is 11.0. The summed E-state index contributed by atoms with van der Waals surface area (Å²) < 4.78 is 0. The number of carbonyl (C=O) groups excluding carboxylic acids is 1. The van der Waals surface area contributed by atoms with Gasteiger partial charge >= 0.3 is 0 Å². The van der Waals surface area contributed by atoms with Gasteiger partial charge in [-0.05, 0) is 12.8 Å². The lowest BCUT2D eigenvalue weighted by Crippen LogP contribution is -2.27. The van der Waals surface area contributed by atoms with Crippen LogP contribution in [-0.2, 0) is 4.79 Å². The SMILES string of the molecule is CN(C)C(=O)CCNC1CC1. The maximum Gasteiger partial charge on any atom is 0.223 e. The first-order valence-corrected chi connectivity index (χ1v) is 4.13. The maximum absolute atomic E-state index is 11.0. The van der Waals surface area contributed by atoms with Crippen LogP contribution in [0.15, 0.2) is 0 Å². The van der Waals surface area contributed by atoms with Gasteiger partial charge in [-0.3, -0.25) is 4.79 Å². The first-order valence-electron chi connectivity index (χ1n) is 4.13. The molecule has 11 heavy (non-hydrogen) atoms. The molecule has 1 aliphatic carbocycles. The van der Waals surface area contributed by atoms with Gasteiger partial charge in [-0.1, -0.05) is 0 Å². The summed E-state index contributed by atoms with van der Waals surface area (Å²) in [4.78, 5) is 12.7. The Balaban J connectivity index is 1.96. The van der Waals surface area contributed by atoms with E-state index in [9.17, 15) is 4.79 Å². The third-order valence-corrected chi connectivity index (χ3v) is 1.85. The number of nitrogens with one attached hydrogen (secondary N) is 1. The lowest BCUT2D eigenvalue weighted by molar-refractivity contribution is -0.128. The van der Waals surface area contributed by atoms with Gasteiger partial charge in [-0.2, -0.15) is 0 Å². The lowest BCUT2D eigenvalue weighted by Gasteiger charge is -2.09. The van der Waals surface area contributed by atoms with Crippen molar-refractivity contribution in [2.24, 2.45) is 0 Å². The Bertz CT molecular complexity index is 141. The van der Waals surface area contributed by atoms with E-state index in [0.717, 1.165) is 6.54 Å². The molecule has 1 saturated carbocycles. The summed E-state index contributed by atoms with van der Waals surface area (Å²) in [6.07, 6.45) is 3.20. The van der Waals surface area contributed by atoms with Gasteiger partial charge < -0.3 is 10.2 Å². The summed E-state index contributed by atoms with van der Waals surface area (Å²) in [5.74, 6) is 0.207. The molecule has 1 amide bonds. The number of amides is 1. The van der Waals surface area contributed by atoms with Crippen molar-refractivity contribution in [1.82, 2.24) is 10.2 Å². The second-order valence-corrected chi connectivity index (χ2v) is 3.27. The van der Waals surface area contributed by atoms with Crippen LogP contribution in [0.25, 0.3) is 0 Å². The van der Waals surface area contributed by atoms with Crippen LogP contribution in [0.2, 0.25) is 0 Å². The average Bonchev–Trinajstić information content (AvgIpc) is 2.71. The minimum atomic E-state index is 0.207. The van der Waals surface area contributed by atoms with Crippen LogP contribution < -0.4 is 5.32 Å². The molecule has 0 radical (unpaired) electrons. The van der Waals surface area contributed by atoms with E-state index in [4.69, 9.17) is 0 Å². The molecule has 0 aromatic carbocycles. The normalized spacial score (nSPS) is 16.5. The zero-order chi connectivity index (χ0) is 8.27. The minimum Gasteiger partial charge on any atom is -0.349 e. The average molecular weight is 156 g/mol. The molecule has 0 heterocycles. The Kier molecular flexibility index (Phi) is 2.88. The molecule has 3 nitrogen and oxygen atoms in total. The molecular weight excluding hydrogens is 140 g/mol. The predicted octanol–water partition coefficient (Wildman–Crippen LogP) is 0.217. The van der Waals surface area contributed by atoms with E-state index < -0.39 is 0 Å². The molecule has 0 aromatic heterocycles. The molecular formula is C8H16N2O. The fourth-order valence-corrected chi connectivity index (χ4v) is 0.894. The highest BCUT2D eigenvalue weighted by atomic mass is 16.2. The number of carbonyl (C=O) groups is 1. The molecule has 1 N–H and O–H groups in total. The molecule has 0 bridgehead atoms. The van der Waals surface area contributed by atoms with Crippen molar-refractivity contribution in [3.05, 3.63) is 0 Å². The second kappa shape index (κ2) is 3.72. The largest absolute Gasteiger partial charge is 0.349 e. The van der Waals surface area contributed by atoms with Crippen LogP contribution in [0.5, 0.6) is 0 Å². The van der Waals surface area contributed by atoms with Gasteiger partial charge in [0.05, 0.1) is 0 Å². The number of hydrogen-bond acceptors (Lipinski definition) is 2. The summed E-state index contributed by atoms with van der Waals surface area (Å²) in [7, 11) is 3.58. The van der Waals surface area contributed by atoms with E-state index in [2.05, 4.69) is 5.32 Å². The van der Waals surface area contributed by atoms with Crippen LogP contribution in [0.4, 0.5) is 0 Å². The van der Waals surface area contributed by atoms with Crippen molar-refractivity contribution >= 4 is 5.91 Å². The van der Waals surface area contributed by atoms with Crippen LogP contribution in [-0.4, -0.2) is 37.5 Å². The molecule has 0 atom stereocenters. The van der Waals surface area contributed by atoms with Gasteiger partial charge in [0.2, 0.25) is 5.91 Å². The Morgan fingerprint density at radius 3 is 2.64 bits per heavy atom. The zero-order valence-electron chi connectivity index (χ0n) is 7.26. The third-order valence-electron chi connectivity index (χ3n) is 1.85. The molecule has 64 valence electrons. The summed E-state index contributed by atoms with van der Waals surface area (Å²) >= 11 is 0. The number of rotatable bonds is 4. The molecule has 0 saturated heterocycles. The van der Waals surface area contributed by atoms with E-state index >= 15 is 0 Å². The van der Waals surface area contributed by atoms with Crippen LogP contribution in [0.3, 0.4) is 0 Å². The van der Waals surface area contributed by atoms with Crippen LogP contribution >= 0.6 is 0 Å². The van der Waals surface area contributed by atoms with Crippen molar-refractivity contribution in [1.29, 1.82) is 0 Å². The van der Waals surface area contributed by atoms with Gasteiger partial charge in [0.25, 0.3) is 0 Å². The molecule has 1 rings (SSSR count). The standard InChI is InChI=1S/C8H16N2O/c1-10(2)8(11)5-6-9-7-3-4-7/h7,9H,3-6H2,1-2H3. The van der Waals surface area contributed by atoms with Gasteiger partial charge in [-0.15, -0.1) is 0 Å². The molecule has 0 aromatic rings. The van der Waals surface area contributed by atoms with E-state index in [-0.39, 0.29) is 5.91 Å². The highest BCUT2D eigenvalue weighted by Crippen LogP contribution is 2.18. The zero-order valence-corrected chi connectivity index (χ0v) is 7.26. The van der Waals surface area contributed by atoms with E-state index in [1.165, 1.54) is 12.8 Å². The lowest BCUT2D eigenvalue weighted by atomic mass is 10.4. The van der Waals surface area contributed by atoms with E-state index in [1.54, 1.807) is 19.0 Å². The Labute approximate surface area is 67.8 Å². The van der Waals surface area contributed by atoms with Crippen molar-refractivity contribution in [3.8, 4) is 0 Å². The molecule has 3 heteroatoms. The van der Waals surface area contributed by atoms with Crippen molar-refractivity contribution in [2.45, 2.75) is 25.3 Å². The third kappa shape index (κ3) is 3.37. The highest BCUT2D eigenvalue weighted by molar-refractivity contribution is 5.75. The van der Waals surface area contributed by atoms with E-state index in [0.29, 0.717) is 12.5 Å². The van der Waals surface area contributed by atoms with Crippen molar-refractivity contribution < 1.29 is 4.79 Å². The first-order chi connectivity index (χ1) is 5.20. The van der Waals surface area contributed by atoms with Gasteiger partial charge in [0.1, 0.15) is 0 Å². The van der Waals surface area contributed by atoms with Gasteiger partial charge in [0.15, 0.2) is 0 Å².